The van der Waals surface area contributed by atoms with Crippen molar-refractivity contribution in [3.63, 3.8) is 0 Å². The summed E-state index contributed by atoms with van der Waals surface area (Å²) in [5.41, 5.74) is 10.7. The minimum atomic E-state index is 0.872. The van der Waals surface area contributed by atoms with E-state index in [0.29, 0.717) is 0 Å². The predicted octanol–water partition coefficient (Wildman–Crippen LogP) is 14.1. The maximum Gasteiger partial charge on any atom is 0.145 e. The molecule has 3 heteroatoms. The molecule has 0 spiro atoms. The molecule has 0 saturated heterocycles. The predicted molar refractivity (Wildman–Crippen MR) is 223 cm³/mol. The minimum absolute atomic E-state index is 0.872. The van der Waals surface area contributed by atoms with Gasteiger partial charge in [0.1, 0.15) is 11.2 Å². The van der Waals surface area contributed by atoms with Crippen molar-refractivity contribution < 1.29 is 4.42 Å². The fourth-order valence-electron chi connectivity index (χ4n) is 8.43. The summed E-state index contributed by atoms with van der Waals surface area (Å²) in [5, 5.41) is 9.44. The highest BCUT2D eigenvalue weighted by Gasteiger charge is 2.25. The second-order valence-corrected chi connectivity index (χ2v) is 13.7. The number of fused-ring (bicyclic) bond motifs is 9. The zero-order chi connectivity index (χ0) is 34.9. The lowest BCUT2D eigenvalue weighted by Gasteiger charge is -2.28. The molecule has 0 saturated carbocycles. The van der Waals surface area contributed by atoms with Crippen LogP contribution in [0.2, 0.25) is 0 Å². The molecule has 3 nitrogen and oxygen atoms in total. The smallest absolute Gasteiger partial charge is 0.145 e. The molecule has 0 atom stereocenters. The zero-order valence-corrected chi connectivity index (χ0v) is 28.8. The van der Waals surface area contributed by atoms with Crippen molar-refractivity contribution in [1.82, 2.24) is 4.57 Å². The minimum Gasteiger partial charge on any atom is -0.455 e. The van der Waals surface area contributed by atoms with Gasteiger partial charge in [0.2, 0.25) is 0 Å². The van der Waals surface area contributed by atoms with Crippen LogP contribution in [0.3, 0.4) is 0 Å². The highest BCUT2D eigenvalue weighted by Crippen LogP contribution is 2.49. The summed E-state index contributed by atoms with van der Waals surface area (Å²) < 4.78 is 9.18. The summed E-state index contributed by atoms with van der Waals surface area (Å²) in [6.07, 6.45) is 0. The molecule has 0 aliphatic rings. The van der Waals surface area contributed by atoms with Crippen molar-refractivity contribution >= 4 is 82.4 Å². The number of anilines is 3. The Bertz CT molecular complexity index is 3170. The Hall–Kier alpha value is -7.10. The number of furan rings is 1. The van der Waals surface area contributed by atoms with Gasteiger partial charge in [-0.25, -0.2) is 0 Å². The second-order valence-electron chi connectivity index (χ2n) is 13.7. The molecular formula is C50H32N2O. The van der Waals surface area contributed by atoms with Crippen LogP contribution in [0.25, 0.3) is 82.1 Å². The first-order valence-corrected chi connectivity index (χ1v) is 18.1. The van der Waals surface area contributed by atoms with Crippen molar-refractivity contribution in [1.29, 1.82) is 0 Å². The van der Waals surface area contributed by atoms with Crippen LogP contribution in [0.15, 0.2) is 199 Å². The van der Waals surface area contributed by atoms with Gasteiger partial charge in [0.25, 0.3) is 0 Å². The van der Waals surface area contributed by atoms with Gasteiger partial charge in [-0.3, -0.25) is 0 Å². The van der Waals surface area contributed by atoms with Gasteiger partial charge in [-0.2, -0.15) is 0 Å². The number of hydrogen-bond donors (Lipinski definition) is 0. The molecule has 9 aromatic carbocycles. The van der Waals surface area contributed by atoms with Crippen LogP contribution in [0, 0.1) is 0 Å². The van der Waals surface area contributed by atoms with Crippen molar-refractivity contribution in [2.45, 2.75) is 0 Å². The first kappa shape index (κ1) is 29.6. The Morgan fingerprint density at radius 2 is 1.08 bits per heavy atom. The lowest BCUT2D eigenvalue weighted by molar-refractivity contribution is 0.670. The highest BCUT2D eigenvalue weighted by molar-refractivity contribution is 6.21. The lowest BCUT2D eigenvalue weighted by Crippen LogP contribution is -2.11. The van der Waals surface area contributed by atoms with Gasteiger partial charge < -0.3 is 13.9 Å². The maximum absolute atomic E-state index is 6.81. The van der Waals surface area contributed by atoms with Crippen molar-refractivity contribution in [2.24, 2.45) is 0 Å². The van der Waals surface area contributed by atoms with E-state index in [1.54, 1.807) is 0 Å². The Labute approximate surface area is 306 Å². The number of hydrogen-bond acceptors (Lipinski definition) is 2. The average Bonchev–Trinajstić information content (AvgIpc) is 3.78. The summed E-state index contributed by atoms with van der Waals surface area (Å²) in [4.78, 5) is 2.46. The van der Waals surface area contributed by atoms with Crippen molar-refractivity contribution in [3.05, 3.63) is 194 Å². The highest BCUT2D eigenvalue weighted by atomic mass is 16.3. The molecule has 0 aliphatic heterocycles. The van der Waals surface area contributed by atoms with Crippen LogP contribution in [0.1, 0.15) is 0 Å². The van der Waals surface area contributed by atoms with Crippen LogP contribution >= 0.6 is 0 Å². The monoisotopic (exact) mass is 676 g/mol. The molecular weight excluding hydrogens is 645 g/mol. The van der Waals surface area contributed by atoms with Crippen LogP contribution in [0.4, 0.5) is 17.1 Å². The Morgan fingerprint density at radius 1 is 0.415 bits per heavy atom. The first-order valence-electron chi connectivity index (χ1n) is 18.1. The zero-order valence-electron chi connectivity index (χ0n) is 28.8. The van der Waals surface area contributed by atoms with Crippen LogP contribution < -0.4 is 4.90 Å². The summed E-state index contributed by atoms with van der Waals surface area (Å²) in [6.45, 7) is 0. The van der Waals surface area contributed by atoms with E-state index in [1.807, 2.05) is 0 Å². The standard InChI is InChI=1S/C50H32N2O/c1-3-14-33(15-4-1)39-29-31-46(49-41-22-10-12-25-47(41)53-50(39)49)52(45-24-13-17-35-27-26-34-16-7-8-20-38(34)48(35)45)37-28-30-44-42(32-37)40-21-9-11-23-43(40)51(44)36-18-5-2-6-19-36/h1-32H. The SMILES string of the molecule is c1ccc(-c2ccc(N(c3ccc4c(c3)c3ccccc3n4-c3ccccc3)c3cccc4ccc5ccccc5c34)c3c2oc2ccccc23)cc1. The summed E-state index contributed by atoms with van der Waals surface area (Å²) in [6, 6.07) is 69.7. The van der Waals surface area contributed by atoms with Gasteiger partial charge in [-0.05, 0) is 82.4 Å². The maximum atomic E-state index is 6.81. The quantitative estimate of drug-likeness (QED) is 0.169. The summed E-state index contributed by atoms with van der Waals surface area (Å²) >= 11 is 0. The molecule has 2 aromatic heterocycles. The summed E-state index contributed by atoms with van der Waals surface area (Å²) in [7, 11) is 0. The van der Waals surface area contributed by atoms with E-state index >= 15 is 0 Å². The first-order chi connectivity index (χ1) is 26.3. The third-order valence-electron chi connectivity index (χ3n) is 10.7. The van der Waals surface area contributed by atoms with Crippen molar-refractivity contribution in [2.75, 3.05) is 4.90 Å². The molecule has 0 bridgehead atoms. The van der Waals surface area contributed by atoms with Gasteiger partial charge in [-0.1, -0.05) is 133 Å². The van der Waals surface area contributed by atoms with Gasteiger partial charge in [0.05, 0.1) is 27.8 Å². The topological polar surface area (TPSA) is 21.3 Å². The van der Waals surface area contributed by atoms with Crippen molar-refractivity contribution in [3.8, 4) is 16.8 Å². The van der Waals surface area contributed by atoms with Gasteiger partial charge in [-0.15, -0.1) is 0 Å². The third kappa shape index (κ3) is 4.54. The van der Waals surface area contributed by atoms with E-state index in [1.165, 1.54) is 43.4 Å². The largest absolute Gasteiger partial charge is 0.455 e. The molecule has 0 N–H and O–H groups in total. The normalized spacial score (nSPS) is 11.8. The van der Waals surface area contributed by atoms with Crippen LogP contribution in [-0.4, -0.2) is 4.57 Å². The fourth-order valence-corrected chi connectivity index (χ4v) is 8.43. The molecule has 0 unspecified atom stereocenters. The third-order valence-corrected chi connectivity index (χ3v) is 10.7. The summed E-state index contributed by atoms with van der Waals surface area (Å²) in [5.74, 6) is 0. The van der Waals surface area contributed by atoms with Gasteiger partial charge in [0, 0.05) is 38.5 Å². The molecule has 0 amide bonds. The van der Waals surface area contributed by atoms with E-state index in [2.05, 4.69) is 204 Å². The molecule has 0 aliphatic carbocycles. The lowest BCUT2D eigenvalue weighted by atomic mass is 9.97. The molecule has 0 fully saturated rings. The Balaban J connectivity index is 1.27. The van der Waals surface area contributed by atoms with E-state index in [9.17, 15) is 0 Å². The Morgan fingerprint density at radius 3 is 1.94 bits per heavy atom. The molecule has 2 heterocycles. The van der Waals surface area contributed by atoms with Crippen LogP contribution in [0.5, 0.6) is 0 Å². The molecule has 11 rings (SSSR count). The Kier molecular flexibility index (Phi) is 6.55. The number of aromatic nitrogens is 1. The van der Waals surface area contributed by atoms with E-state index < -0.39 is 0 Å². The molecule has 53 heavy (non-hydrogen) atoms. The second kappa shape index (κ2) is 11.7. The fraction of sp³-hybridized carbons (Fsp3) is 0. The van der Waals surface area contributed by atoms with E-state index in [0.717, 1.165) is 55.8 Å². The van der Waals surface area contributed by atoms with Crippen LogP contribution in [-0.2, 0) is 0 Å². The number of rotatable bonds is 5. The van der Waals surface area contributed by atoms with Gasteiger partial charge in [0.15, 0.2) is 0 Å². The molecule has 0 radical (unpaired) electrons. The number of benzene rings is 9. The molecule has 248 valence electrons. The number of para-hydroxylation sites is 3. The van der Waals surface area contributed by atoms with E-state index in [4.69, 9.17) is 4.42 Å². The van der Waals surface area contributed by atoms with E-state index in [-0.39, 0.29) is 0 Å². The number of nitrogens with zero attached hydrogens (tertiary/aromatic N) is 2. The molecule has 11 aromatic rings. The average molecular weight is 677 g/mol. The van der Waals surface area contributed by atoms with Gasteiger partial charge >= 0.3 is 0 Å².